The summed E-state index contributed by atoms with van der Waals surface area (Å²) in [6, 6.07) is 12.3. The lowest BCUT2D eigenvalue weighted by Crippen LogP contribution is -2.46. The number of benzene rings is 1. The standard InChI is InChI=1S/C18H22N4O/c1-23-18-14-17(19-15-20-18)22-12-10-21(11-13-22)9-5-8-16-6-3-2-4-7-16/h2-8,14-15H,9-13H2,1H3/b8-5+. The van der Waals surface area contributed by atoms with Crippen molar-refractivity contribution in [3.8, 4) is 5.88 Å². The van der Waals surface area contributed by atoms with Gasteiger partial charge in [0.05, 0.1) is 7.11 Å². The predicted octanol–water partition coefficient (Wildman–Crippen LogP) is 2.32. The Morgan fingerprint density at radius 2 is 1.87 bits per heavy atom. The monoisotopic (exact) mass is 310 g/mol. The van der Waals surface area contributed by atoms with Gasteiger partial charge in [-0.15, -0.1) is 0 Å². The Hall–Kier alpha value is -2.40. The second-order valence-electron chi connectivity index (χ2n) is 5.52. The summed E-state index contributed by atoms with van der Waals surface area (Å²) in [6.45, 7) is 4.99. The van der Waals surface area contributed by atoms with Crippen LogP contribution in [0.2, 0.25) is 0 Å². The fraction of sp³-hybridized carbons (Fsp3) is 0.333. The van der Waals surface area contributed by atoms with Gasteiger partial charge in [-0.3, -0.25) is 4.90 Å². The number of ether oxygens (including phenoxy) is 1. The van der Waals surface area contributed by atoms with Crippen molar-refractivity contribution in [1.29, 1.82) is 0 Å². The molecule has 0 aliphatic carbocycles. The Kier molecular flexibility index (Phi) is 5.21. The van der Waals surface area contributed by atoms with Crippen molar-refractivity contribution in [2.75, 3.05) is 44.7 Å². The van der Waals surface area contributed by atoms with Crippen LogP contribution in [0.25, 0.3) is 6.08 Å². The van der Waals surface area contributed by atoms with Crippen molar-refractivity contribution >= 4 is 11.9 Å². The zero-order valence-corrected chi connectivity index (χ0v) is 13.4. The molecule has 0 bridgehead atoms. The van der Waals surface area contributed by atoms with Gasteiger partial charge in [-0.25, -0.2) is 9.97 Å². The lowest BCUT2D eigenvalue weighted by molar-refractivity contribution is 0.283. The fourth-order valence-corrected chi connectivity index (χ4v) is 2.68. The van der Waals surface area contributed by atoms with Crippen LogP contribution in [0, 0.1) is 0 Å². The maximum Gasteiger partial charge on any atom is 0.218 e. The second kappa shape index (κ2) is 7.74. The van der Waals surface area contributed by atoms with Gasteiger partial charge < -0.3 is 9.64 Å². The summed E-state index contributed by atoms with van der Waals surface area (Å²) in [5.41, 5.74) is 1.25. The highest BCUT2D eigenvalue weighted by Crippen LogP contribution is 2.17. The van der Waals surface area contributed by atoms with E-state index in [1.807, 2.05) is 12.1 Å². The number of hydrogen-bond donors (Lipinski definition) is 0. The van der Waals surface area contributed by atoms with Gasteiger partial charge in [0.2, 0.25) is 5.88 Å². The molecule has 2 aromatic rings. The average Bonchev–Trinajstić information content (AvgIpc) is 2.63. The molecule has 5 heteroatoms. The maximum absolute atomic E-state index is 5.16. The molecule has 0 amide bonds. The number of piperazine rings is 1. The molecule has 3 rings (SSSR count). The van der Waals surface area contributed by atoms with E-state index in [1.54, 1.807) is 13.4 Å². The summed E-state index contributed by atoms with van der Waals surface area (Å²) in [5.74, 6) is 1.56. The van der Waals surface area contributed by atoms with Gasteiger partial charge in [0.25, 0.3) is 0 Å². The van der Waals surface area contributed by atoms with E-state index in [0.29, 0.717) is 5.88 Å². The predicted molar refractivity (Wildman–Crippen MR) is 92.7 cm³/mol. The Morgan fingerprint density at radius 1 is 1.09 bits per heavy atom. The smallest absolute Gasteiger partial charge is 0.218 e. The number of hydrogen-bond acceptors (Lipinski definition) is 5. The Bertz CT molecular complexity index is 636. The number of methoxy groups -OCH3 is 1. The van der Waals surface area contributed by atoms with Gasteiger partial charge in [0.1, 0.15) is 12.1 Å². The molecule has 0 saturated carbocycles. The van der Waals surface area contributed by atoms with Crippen molar-refractivity contribution in [1.82, 2.24) is 14.9 Å². The van der Waals surface area contributed by atoms with Crippen LogP contribution < -0.4 is 9.64 Å². The van der Waals surface area contributed by atoms with Crippen LogP contribution in [-0.4, -0.2) is 54.7 Å². The minimum atomic E-state index is 0.614. The number of rotatable bonds is 5. The van der Waals surface area contributed by atoms with Gasteiger partial charge in [0, 0.05) is 38.8 Å². The van der Waals surface area contributed by atoms with Crippen LogP contribution in [0.15, 0.2) is 48.8 Å². The van der Waals surface area contributed by atoms with E-state index in [-0.39, 0.29) is 0 Å². The molecule has 0 radical (unpaired) electrons. The quantitative estimate of drug-likeness (QED) is 0.848. The lowest BCUT2D eigenvalue weighted by atomic mass is 10.2. The van der Waals surface area contributed by atoms with E-state index in [2.05, 4.69) is 56.2 Å². The molecule has 0 spiro atoms. The summed E-state index contributed by atoms with van der Waals surface area (Å²) in [4.78, 5) is 13.1. The molecule has 120 valence electrons. The fourth-order valence-electron chi connectivity index (χ4n) is 2.68. The van der Waals surface area contributed by atoms with Crippen LogP contribution in [-0.2, 0) is 0 Å². The summed E-state index contributed by atoms with van der Waals surface area (Å²) in [7, 11) is 1.63. The maximum atomic E-state index is 5.16. The van der Waals surface area contributed by atoms with E-state index in [1.165, 1.54) is 5.56 Å². The molecular formula is C18H22N4O. The highest BCUT2D eigenvalue weighted by atomic mass is 16.5. The van der Waals surface area contributed by atoms with Gasteiger partial charge in [-0.05, 0) is 5.56 Å². The molecular weight excluding hydrogens is 288 g/mol. The third-order valence-electron chi connectivity index (χ3n) is 4.01. The van der Waals surface area contributed by atoms with E-state index in [0.717, 1.165) is 38.5 Å². The summed E-state index contributed by atoms with van der Waals surface area (Å²) in [6.07, 6.45) is 5.98. The van der Waals surface area contributed by atoms with Crippen LogP contribution in [0.4, 0.5) is 5.82 Å². The molecule has 1 fully saturated rings. The first-order valence-electron chi connectivity index (χ1n) is 7.90. The molecule has 0 unspecified atom stereocenters. The van der Waals surface area contributed by atoms with Crippen molar-refractivity contribution in [3.05, 3.63) is 54.4 Å². The molecule has 1 aromatic carbocycles. The molecule has 1 aromatic heterocycles. The van der Waals surface area contributed by atoms with Crippen LogP contribution in [0.1, 0.15) is 5.56 Å². The third-order valence-corrected chi connectivity index (χ3v) is 4.01. The average molecular weight is 310 g/mol. The minimum absolute atomic E-state index is 0.614. The first-order valence-corrected chi connectivity index (χ1v) is 7.90. The van der Waals surface area contributed by atoms with Crippen LogP contribution in [0.5, 0.6) is 5.88 Å². The number of nitrogens with zero attached hydrogens (tertiary/aromatic N) is 4. The first-order chi connectivity index (χ1) is 11.3. The first kappa shape index (κ1) is 15.5. The van der Waals surface area contributed by atoms with Crippen molar-refractivity contribution < 1.29 is 4.74 Å². The largest absolute Gasteiger partial charge is 0.481 e. The number of anilines is 1. The normalized spacial score (nSPS) is 16.0. The summed E-state index contributed by atoms with van der Waals surface area (Å²) >= 11 is 0. The molecule has 1 saturated heterocycles. The number of aromatic nitrogens is 2. The lowest BCUT2D eigenvalue weighted by Gasteiger charge is -2.34. The Balaban J connectivity index is 1.49. The topological polar surface area (TPSA) is 41.5 Å². The second-order valence-corrected chi connectivity index (χ2v) is 5.52. The molecule has 0 N–H and O–H groups in total. The van der Waals surface area contributed by atoms with Crippen LogP contribution in [0.3, 0.4) is 0 Å². The SMILES string of the molecule is COc1cc(N2CCN(C/C=C/c3ccccc3)CC2)ncn1. The highest BCUT2D eigenvalue weighted by Gasteiger charge is 2.17. The molecule has 23 heavy (non-hydrogen) atoms. The van der Waals surface area contributed by atoms with E-state index >= 15 is 0 Å². The van der Waals surface area contributed by atoms with E-state index in [4.69, 9.17) is 4.74 Å². The van der Waals surface area contributed by atoms with Gasteiger partial charge in [0.15, 0.2) is 0 Å². The van der Waals surface area contributed by atoms with E-state index in [9.17, 15) is 0 Å². The molecule has 1 aliphatic rings. The highest BCUT2D eigenvalue weighted by molar-refractivity contribution is 5.48. The van der Waals surface area contributed by atoms with Crippen molar-refractivity contribution in [2.45, 2.75) is 0 Å². The molecule has 1 aliphatic heterocycles. The van der Waals surface area contributed by atoms with Gasteiger partial charge in [-0.2, -0.15) is 0 Å². The third kappa shape index (κ3) is 4.29. The Labute approximate surface area is 137 Å². The van der Waals surface area contributed by atoms with Gasteiger partial charge in [-0.1, -0.05) is 42.5 Å². The van der Waals surface area contributed by atoms with Gasteiger partial charge >= 0.3 is 0 Å². The molecule has 2 heterocycles. The minimum Gasteiger partial charge on any atom is -0.481 e. The van der Waals surface area contributed by atoms with Crippen molar-refractivity contribution in [3.63, 3.8) is 0 Å². The summed E-state index contributed by atoms with van der Waals surface area (Å²) in [5, 5.41) is 0. The van der Waals surface area contributed by atoms with Crippen molar-refractivity contribution in [2.24, 2.45) is 0 Å². The molecule has 5 nitrogen and oxygen atoms in total. The van der Waals surface area contributed by atoms with Crippen LogP contribution >= 0.6 is 0 Å². The van der Waals surface area contributed by atoms with E-state index < -0.39 is 0 Å². The zero-order valence-electron chi connectivity index (χ0n) is 13.4. The zero-order chi connectivity index (χ0) is 15.9. The summed E-state index contributed by atoms with van der Waals surface area (Å²) < 4.78 is 5.16. The Morgan fingerprint density at radius 3 is 2.61 bits per heavy atom. The molecule has 0 atom stereocenters.